The average molecular weight is 445 g/mol. The highest BCUT2D eigenvalue weighted by atomic mass is 35.5. The van der Waals surface area contributed by atoms with Gasteiger partial charge in [0.15, 0.2) is 0 Å². The Morgan fingerprint density at radius 3 is 2.58 bits per heavy atom. The summed E-state index contributed by atoms with van der Waals surface area (Å²) in [7, 11) is 0. The molecule has 3 heterocycles. The number of aromatic nitrogens is 2. The fourth-order valence-electron chi connectivity index (χ4n) is 4.29. The molecular weight excluding hydrogens is 416 g/mol. The lowest BCUT2D eigenvalue weighted by Gasteiger charge is -2.34. The standard InChI is InChI=1S/C23H29ClN4O3/c1-4-5-6-18-12-26(13-19-14-27(15(2)3)23(30)31-19)22(29)21-11-20(25-28(18)21)16-7-9-17(24)10-8-16/h7-11,15,18-19H,4-6,12-14H2,1-3H3. The van der Waals surface area contributed by atoms with Crippen LogP contribution in [0.25, 0.3) is 11.3 Å². The van der Waals surface area contributed by atoms with Crippen LogP contribution in [-0.4, -0.2) is 63.4 Å². The number of halogens is 1. The molecule has 4 rings (SSSR count). The normalized spacial score (nSPS) is 21.1. The molecule has 1 aromatic carbocycles. The van der Waals surface area contributed by atoms with Crippen molar-refractivity contribution >= 4 is 23.6 Å². The number of hydrogen-bond acceptors (Lipinski definition) is 4. The fourth-order valence-corrected chi connectivity index (χ4v) is 4.41. The Balaban J connectivity index is 1.58. The van der Waals surface area contributed by atoms with E-state index in [1.165, 1.54) is 0 Å². The van der Waals surface area contributed by atoms with E-state index in [2.05, 4.69) is 6.92 Å². The van der Waals surface area contributed by atoms with Crippen LogP contribution in [0.2, 0.25) is 5.02 Å². The highest BCUT2D eigenvalue weighted by Crippen LogP contribution is 2.30. The number of cyclic esters (lactones) is 1. The molecule has 31 heavy (non-hydrogen) atoms. The summed E-state index contributed by atoms with van der Waals surface area (Å²) in [5.41, 5.74) is 2.28. The van der Waals surface area contributed by atoms with Crippen LogP contribution in [0.4, 0.5) is 4.79 Å². The molecule has 166 valence electrons. The van der Waals surface area contributed by atoms with E-state index in [1.54, 1.807) is 4.90 Å². The van der Waals surface area contributed by atoms with Crippen molar-refractivity contribution in [3.8, 4) is 11.3 Å². The molecule has 1 aromatic heterocycles. The quantitative estimate of drug-likeness (QED) is 0.624. The van der Waals surface area contributed by atoms with Crippen LogP contribution in [0.3, 0.4) is 0 Å². The molecule has 8 heteroatoms. The molecule has 2 aliphatic rings. The molecule has 0 spiro atoms. The second-order valence-electron chi connectivity index (χ2n) is 8.62. The molecule has 2 unspecified atom stereocenters. The Bertz CT molecular complexity index is 956. The number of unbranched alkanes of at least 4 members (excludes halogenated alkanes) is 1. The summed E-state index contributed by atoms with van der Waals surface area (Å²) in [5, 5.41) is 5.45. The van der Waals surface area contributed by atoms with Crippen LogP contribution < -0.4 is 0 Å². The maximum atomic E-state index is 13.3. The predicted octanol–water partition coefficient (Wildman–Crippen LogP) is 4.62. The number of hydrogen-bond donors (Lipinski definition) is 0. The third-order valence-electron chi connectivity index (χ3n) is 6.00. The summed E-state index contributed by atoms with van der Waals surface area (Å²) in [4.78, 5) is 29.0. The third-order valence-corrected chi connectivity index (χ3v) is 6.25. The summed E-state index contributed by atoms with van der Waals surface area (Å²) in [6.07, 6.45) is 2.46. The molecular formula is C23H29ClN4O3. The maximum absolute atomic E-state index is 13.3. The minimum atomic E-state index is -0.309. The Morgan fingerprint density at radius 2 is 1.94 bits per heavy atom. The third kappa shape index (κ3) is 4.42. The van der Waals surface area contributed by atoms with E-state index in [-0.39, 0.29) is 30.2 Å². The molecule has 0 aliphatic carbocycles. The summed E-state index contributed by atoms with van der Waals surface area (Å²) >= 11 is 6.02. The molecule has 2 atom stereocenters. The van der Waals surface area contributed by atoms with Crippen molar-refractivity contribution in [1.29, 1.82) is 0 Å². The van der Waals surface area contributed by atoms with Crippen LogP contribution >= 0.6 is 11.6 Å². The second kappa shape index (κ2) is 8.91. The van der Waals surface area contributed by atoms with Gasteiger partial charge in [0.2, 0.25) is 0 Å². The summed E-state index contributed by atoms with van der Waals surface area (Å²) < 4.78 is 7.42. The monoisotopic (exact) mass is 444 g/mol. The molecule has 2 aliphatic heterocycles. The van der Waals surface area contributed by atoms with Gasteiger partial charge in [0.1, 0.15) is 11.8 Å². The van der Waals surface area contributed by atoms with Crippen molar-refractivity contribution in [3.63, 3.8) is 0 Å². The lowest BCUT2D eigenvalue weighted by molar-refractivity contribution is 0.0524. The summed E-state index contributed by atoms with van der Waals surface area (Å²) in [5.74, 6) is -0.0699. The number of fused-ring (bicyclic) bond motifs is 1. The van der Waals surface area contributed by atoms with Crippen molar-refractivity contribution < 1.29 is 14.3 Å². The van der Waals surface area contributed by atoms with Gasteiger partial charge in [-0.3, -0.25) is 9.48 Å². The van der Waals surface area contributed by atoms with Gasteiger partial charge >= 0.3 is 6.09 Å². The van der Waals surface area contributed by atoms with E-state index in [0.29, 0.717) is 30.4 Å². The predicted molar refractivity (Wildman–Crippen MR) is 119 cm³/mol. The Morgan fingerprint density at radius 1 is 1.19 bits per heavy atom. The first-order valence-corrected chi connectivity index (χ1v) is 11.4. The second-order valence-corrected chi connectivity index (χ2v) is 9.06. The Kier molecular flexibility index (Phi) is 6.23. The summed E-state index contributed by atoms with van der Waals surface area (Å²) in [6.45, 7) is 7.57. The van der Waals surface area contributed by atoms with Gasteiger partial charge in [-0.2, -0.15) is 5.10 Å². The lowest BCUT2D eigenvalue weighted by atomic mass is 10.1. The number of carbonyl (C=O) groups excluding carboxylic acids is 2. The fraction of sp³-hybridized carbons (Fsp3) is 0.522. The lowest BCUT2D eigenvalue weighted by Crippen LogP contribution is -2.47. The number of benzene rings is 1. The SMILES string of the molecule is CCCCC1CN(CC2CN(C(C)C)C(=O)O2)C(=O)c2cc(-c3ccc(Cl)cc3)nn21. The zero-order valence-corrected chi connectivity index (χ0v) is 19.0. The first-order valence-electron chi connectivity index (χ1n) is 11.0. The van der Waals surface area contributed by atoms with Crippen molar-refractivity contribution in [1.82, 2.24) is 19.6 Å². The molecule has 1 saturated heterocycles. The topological polar surface area (TPSA) is 67.7 Å². The van der Waals surface area contributed by atoms with Crippen LogP contribution in [-0.2, 0) is 4.74 Å². The smallest absolute Gasteiger partial charge is 0.410 e. The molecule has 0 N–H and O–H groups in total. The van der Waals surface area contributed by atoms with Crippen LogP contribution in [0.5, 0.6) is 0 Å². The van der Waals surface area contributed by atoms with Crippen molar-refractivity contribution in [2.45, 2.75) is 58.2 Å². The number of carbonyl (C=O) groups is 2. The molecule has 1 fully saturated rings. The van der Waals surface area contributed by atoms with Crippen molar-refractivity contribution in [3.05, 3.63) is 41.0 Å². The number of amides is 2. The molecule has 2 amide bonds. The van der Waals surface area contributed by atoms with Gasteiger partial charge in [0, 0.05) is 23.2 Å². The van der Waals surface area contributed by atoms with E-state index < -0.39 is 0 Å². The first kappa shape index (κ1) is 21.7. The van der Waals surface area contributed by atoms with Gasteiger partial charge in [-0.05, 0) is 38.5 Å². The van der Waals surface area contributed by atoms with Gasteiger partial charge in [-0.15, -0.1) is 0 Å². The van der Waals surface area contributed by atoms with Gasteiger partial charge in [0.25, 0.3) is 5.91 Å². The molecule has 7 nitrogen and oxygen atoms in total. The Labute approximate surface area is 187 Å². The average Bonchev–Trinajstić information content (AvgIpc) is 3.34. The van der Waals surface area contributed by atoms with E-state index in [0.717, 1.165) is 30.5 Å². The van der Waals surface area contributed by atoms with Crippen molar-refractivity contribution in [2.75, 3.05) is 19.6 Å². The number of ether oxygens (including phenoxy) is 1. The minimum absolute atomic E-state index is 0.0699. The van der Waals surface area contributed by atoms with E-state index >= 15 is 0 Å². The van der Waals surface area contributed by atoms with E-state index in [4.69, 9.17) is 21.4 Å². The maximum Gasteiger partial charge on any atom is 0.410 e. The van der Waals surface area contributed by atoms with Gasteiger partial charge < -0.3 is 14.5 Å². The van der Waals surface area contributed by atoms with Crippen molar-refractivity contribution in [2.24, 2.45) is 0 Å². The number of rotatable bonds is 7. The number of nitrogens with zero attached hydrogens (tertiary/aromatic N) is 4. The van der Waals surface area contributed by atoms with Gasteiger partial charge in [0.05, 0.1) is 24.8 Å². The van der Waals surface area contributed by atoms with Gasteiger partial charge in [-0.1, -0.05) is 43.5 Å². The highest BCUT2D eigenvalue weighted by molar-refractivity contribution is 6.30. The van der Waals surface area contributed by atoms with Crippen LogP contribution in [0, 0.1) is 0 Å². The largest absolute Gasteiger partial charge is 0.442 e. The van der Waals surface area contributed by atoms with E-state index in [9.17, 15) is 9.59 Å². The Hall–Kier alpha value is -2.54. The molecule has 0 saturated carbocycles. The van der Waals surface area contributed by atoms with Crippen LogP contribution in [0.1, 0.15) is 56.6 Å². The molecule has 0 bridgehead atoms. The van der Waals surface area contributed by atoms with Gasteiger partial charge in [-0.25, -0.2) is 4.79 Å². The minimum Gasteiger partial charge on any atom is -0.442 e. The summed E-state index contributed by atoms with van der Waals surface area (Å²) in [6, 6.07) is 9.52. The molecule has 2 aromatic rings. The van der Waals surface area contributed by atoms with Crippen LogP contribution in [0.15, 0.2) is 30.3 Å². The first-order chi connectivity index (χ1) is 14.9. The van der Waals surface area contributed by atoms with E-state index in [1.807, 2.05) is 53.8 Å². The zero-order valence-electron chi connectivity index (χ0n) is 18.3. The highest BCUT2D eigenvalue weighted by Gasteiger charge is 2.38. The zero-order chi connectivity index (χ0) is 22.1. The molecule has 0 radical (unpaired) electrons.